The molecular weight excluding hydrogens is 414 g/mol. The van der Waals surface area contributed by atoms with Crippen molar-refractivity contribution in [3.05, 3.63) is 84.4 Å². The highest BCUT2D eigenvalue weighted by molar-refractivity contribution is 8.00. The van der Waals surface area contributed by atoms with Gasteiger partial charge in [0.25, 0.3) is 0 Å². The predicted molar refractivity (Wildman–Crippen MR) is 118 cm³/mol. The second-order valence-corrected chi connectivity index (χ2v) is 8.69. The highest BCUT2D eigenvalue weighted by Crippen LogP contribution is 2.48. The van der Waals surface area contributed by atoms with Crippen LogP contribution in [-0.4, -0.2) is 31.9 Å². The van der Waals surface area contributed by atoms with Crippen molar-refractivity contribution < 1.29 is 4.79 Å². The van der Waals surface area contributed by atoms with Gasteiger partial charge in [0.1, 0.15) is 0 Å². The van der Waals surface area contributed by atoms with Gasteiger partial charge in [0.2, 0.25) is 11.1 Å². The highest BCUT2D eigenvalue weighted by atomic mass is 32.2. The summed E-state index contributed by atoms with van der Waals surface area (Å²) >= 11 is 3.04. The maximum atomic E-state index is 13.3. The maximum Gasteiger partial charge on any atom is 0.242 e. The number of tetrazole rings is 1. The molecule has 6 nitrogen and oxygen atoms in total. The summed E-state index contributed by atoms with van der Waals surface area (Å²) in [5.74, 6) is 0.233. The molecule has 1 aliphatic rings. The minimum absolute atomic E-state index is 0.00513. The lowest BCUT2D eigenvalue weighted by Crippen LogP contribution is -2.30. The van der Waals surface area contributed by atoms with Crippen LogP contribution >= 0.6 is 23.5 Å². The molecule has 5 rings (SSSR count). The Morgan fingerprint density at radius 3 is 2.20 bits per heavy atom. The fourth-order valence-electron chi connectivity index (χ4n) is 3.32. The summed E-state index contributed by atoms with van der Waals surface area (Å²) in [6.45, 7) is 0.566. The molecule has 8 heteroatoms. The number of anilines is 2. The summed E-state index contributed by atoms with van der Waals surface area (Å²) < 4.78 is 1.72. The van der Waals surface area contributed by atoms with Crippen molar-refractivity contribution in [3.8, 4) is 0 Å². The summed E-state index contributed by atoms with van der Waals surface area (Å²) in [7, 11) is 0. The topological polar surface area (TPSA) is 63.9 Å². The Morgan fingerprint density at radius 1 is 0.867 bits per heavy atom. The van der Waals surface area contributed by atoms with Crippen molar-refractivity contribution in [3.63, 3.8) is 0 Å². The Hall–Kier alpha value is -3.10. The van der Waals surface area contributed by atoms with E-state index in [2.05, 4.69) is 15.5 Å². The summed E-state index contributed by atoms with van der Waals surface area (Å²) in [6, 6.07) is 26.0. The number of hydrogen-bond donors (Lipinski definition) is 0. The molecule has 0 radical (unpaired) electrons. The first-order valence-electron chi connectivity index (χ1n) is 9.41. The smallest absolute Gasteiger partial charge is 0.242 e. The molecule has 0 unspecified atom stereocenters. The molecule has 2 heterocycles. The first-order chi connectivity index (χ1) is 14.8. The summed E-state index contributed by atoms with van der Waals surface area (Å²) in [4.78, 5) is 17.3. The van der Waals surface area contributed by atoms with E-state index in [9.17, 15) is 4.79 Å². The van der Waals surface area contributed by atoms with E-state index in [1.165, 1.54) is 11.8 Å². The molecule has 1 aromatic heterocycles. The van der Waals surface area contributed by atoms with E-state index in [4.69, 9.17) is 0 Å². The number of carbonyl (C=O) groups excluding carboxylic acids is 1. The normalized spacial score (nSPS) is 12.3. The van der Waals surface area contributed by atoms with Crippen LogP contribution in [0.2, 0.25) is 0 Å². The standard InChI is InChI=1S/C22H17N5OS2/c28-21(15-29-22-23-24-25-26(22)14-16-8-2-1-3-9-16)27-17-10-4-6-12-19(17)30-20-13-7-5-11-18(20)27/h1-13H,14-15H2. The zero-order valence-electron chi connectivity index (χ0n) is 15.9. The van der Waals surface area contributed by atoms with Gasteiger partial charge in [-0.2, -0.15) is 0 Å². The number of benzene rings is 3. The zero-order valence-corrected chi connectivity index (χ0v) is 17.5. The number of carbonyl (C=O) groups is 1. The van der Waals surface area contributed by atoms with Crippen LogP contribution in [0.3, 0.4) is 0 Å². The molecule has 1 amide bonds. The van der Waals surface area contributed by atoms with Crippen LogP contribution in [0.4, 0.5) is 11.4 Å². The van der Waals surface area contributed by atoms with Gasteiger partial charge < -0.3 is 0 Å². The fraction of sp³-hybridized carbons (Fsp3) is 0.0909. The molecule has 0 fully saturated rings. The zero-order chi connectivity index (χ0) is 20.3. The Bertz CT molecular complexity index is 1150. The van der Waals surface area contributed by atoms with E-state index in [0.29, 0.717) is 11.7 Å². The minimum Gasteiger partial charge on any atom is -0.278 e. The number of fused-ring (bicyclic) bond motifs is 2. The van der Waals surface area contributed by atoms with Crippen LogP contribution in [0.25, 0.3) is 0 Å². The highest BCUT2D eigenvalue weighted by Gasteiger charge is 2.28. The monoisotopic (exact) mass is 431 g/mol. The third kappa shape index (κ3) is 3.71. The Kier molecular flexibility index (Phi) is 5.25. The van der Waals surface area contributed by atoms with Gasteiger partial charge in [-0.15, -0.1) is 5.10 Å². The molecule has 0 atom stereocenters. The lowest BCUT2D eigenvalue weighted by atomic mass is 10.2. The Morgan fingerprint density at radius 2 is 1.50 bits per heavy atom. The van der Waals surface area contributed by atoms with Crippen LogP contribution in [-0.2, 0) is 11.3 Å². The summed E-state index contributed by atoms with van der Waals surface area (Å²) in [5, 5.41) is 12.6. The maximum absolute atomic E-state index is 13.3. The number of amides is 1. The largest absolute Gasteiger partial charge is 0.278 e. The van der Waals surface area contributed by atoms with Crippen LogP contribution in [0.15, 0.2) is 93.8 Å². The number of aromatic nitrogens is 4. The Labute approximate surface area is 182 Å². The van der Waals surface area contributed by atoms with Crippen LogP contribution in [0, 0.1) is 0 Å². The number of thioether (sulfide) groups is 1. The Balaban J connectivity index is 1.37. The molecule has 0 saturated heterocycles. The van der Waals surface area contributed by atoms with Crippen LogP contribution in [0.1, 0.15) is 5.56 Å². The van der Waals surface area contributed by atoms with Crippen molar-refractivity contribution in [1.29, 1.82) is 0 Å². The molecule has 4 aromatic rings. The van der Waals surface area contributed by atoms with E-state index in [0.717, 1.165) is 26.7 Å². The van der Waals surface area contributed by atoms with Crippen molar-refractivity contribution in [2.45, 2.75) is 21.5 Å². The molecule has 30 heavy (non-hydrogen) atoms. The van der Waals surface area contributed by atoms with Crippen molar-refractivity contribution in [2.75, 3.05) is 10.7 Å². The van der Waals surface area contributed by atoms with Gasteiger partial charge in [-0.1, -0.05) is 78.1 Å². The van der Waals surface area contributed by atoms with Crippen molar-refractivity contribution in [1.82, 2.24) is 20.2 Å². The number of para-hydroxylation sites is 2. The number of nitrogens with zero attached hydrogens (tertiary/aromatic N) is 5. The average Bonchev–Trinajstić information content (AvgIpc) is 3.23. The van der Waals surface area contributed by atoms with Gasteiger partial charge in [-0.25, -0.2) is 4.68 Å². The summed E-state index contributed by atoms with van der Waals surface area (Å²) in [6.07, 6.45) is 0. The molecule has 1 aliphatic heterocycles. The average molecular weight is 432 g/mol. The van der Waals surface area contributed by atoms with Crippen LogP contribution in [0.5, 0.6) is 0 Å². The summed E-state index contributed by atoms with van der Waals surface area (Å²) in [5.41, 5.74) is 2.93. The van der Waals surface area contributed by atoms with Gasteiger partial charge in [0, 0.05) is 9.79 Å². The lowest BCUT2D eigenvalue weighted by molar-refractivity contribution is -0.115. The molecule has 3 aromatic carbocycles. The second-order valence-electron chi connectivity index (χ2n) is 6.66. The third-order valence-electron chi connectivity index (χ3n) is 4.68. The van der Waals surface area contributed by atoms with E-state index in [1.54, 1.807) is 21.3 Å². The molecule has 0 aliphatic carbocycles. The molecule has 0 spiro atoms. The SMILES string of the molecule is O=C(CSc1nnnn1Cc1ccccc1)N1c2ccccc2Sc2ccccc21. The van der Waals surface area contributed by atoms with E-state index in [-0.39, 0.29) is 11.7 Å². The molecule has 148 valence electrons. The fourth-order valence-corrected chi connectivity index (χ4v) is 5.10. The van der Waals surface area contributed by atoms with Crippen molar-refractivity contribution >= 4 is 40.8 Å². The molecule has 0 bridgehead atoms. The molecule has 0 N–H and O–H groups in total. The molecular formula is C22H17N5OS2. The predicted octanol–water partition coefficient (Wildman–Crippen LogP) is 4.64. The van der Waals surface area contributed by atoms with Gasteiger partial charge in [-0.05, 0) is 40.3 Å². The first-order valence-corrected chi connectivity index (χ1v) is 11.2. The quantitative estimate of drug-likeness (QED) is 0.429. The van der Waals surface area contributed by atoms with E-state index >= 15 is 0 Å². The van der Waals surface area contributed by atoms with E-state index < -0.39 is 0 Å². The lowest BCUT2D eigenvalue weighted by Gasteiger charge is -2.30. The third-order valence-corrected chi connectivity index (χ3v) is 6.75. The van der Waals surface area contributed by atoms with Gasteiger partial charge in [-0.3, -0.25) is 9.69 Å². The van der Waals surface area contributed by atoms with Gasteiger partial charge >= 0.3 is 0 Å². The van der Waals surface area contributed by atoms with Crippen molar-refractivity contribution in [2.24, 2.45) is 0 Å². The first kappa shape index (κ1) is 18.9. The number of rotatable bonds is 5. The van der Waals surface area contributed by atoms with Crippen LogP contribution < -0.4 is 4.90 Å². The van der Waals surface area contributed by atoms with E-state index in [1.807, 2.05) is 78.9 Å². The van der Waals surface area contributed by atoms with Gasteiger partial charge in [0.15, 0.2) is 0 Å². The minimum atomic E-state index is -0.00513. The second kappa shape index (κ2) is 8.33. The van der Waals surface area contributed by atoms with Gasteiger partial charge in [0.05, 0.1) is 23.7 Å². The number of hydrogen-bond acceptors (Lipinski definition) is 6. The molecule has 0 saturated carbocycles.